The highest BCUT2D eigenvalue weighted by atomic mass is 19.4. The van der Waals surface area contributed by atoms with Gasteiger partial charge in [-0.3, -0.25) is 0 Å². The molecule has 7 heteroatoms. The maximum atomic E-state index is 14.9. The van der Waals surface area contributed by atoms with Gasteiger partial charge in [0.25, 0.3) is 0 Å². The van der Waals surface area contributed by atoms with E-state index >= 15 is 0 Å². The molecule has 34 heavy (non-hydrogen) atoms. The van der Waals surface area contributed by atoms with Crippen molar-refractivity contribution in [3.8, 4) is 28.0 Å². The Morgan fingerprint density at radius 1 is 0.706 bits per heavy atom. The summed E-state index contributed by atoms with van der Waals surface area (Å²) in [6.45, 7) is 2.28. The molecule has 0 aliphatic heterocycles. The summed E-state index contributed by atoms with van der Waals surface area (Å²) in [5.41, 5.74) is 1.41. The van der Waals surface area contributed by atoms with Crippen molar-refractivity contribution in [2.75, 3.05) is 0 Å². The van der Waals surface area contributed by atoms with Gasteiger partial charge in [0.1, 0.15) is 11.6 Å². The third-order valence-electron chi connectivity index (χ3n) is 6.46. The molecule has 0 heterocycles. The Kier molecular flexibility index (Phi) is 6.91. The predicted octanol–water partition coefficient (Wildman–Crippen LogP) is 9.02. The van der Waals surface area contributed by atoms with Crippen molar-refractivity contribution in [2.24, 2.45) is 5.92 Å². The van der Waals surface area contributed by atoms with Gasteiger partial charge in [0.2, 0.25) is 0 Å². The molecule has 1 nitrogen and oxygen atoms in total. The van der Waals surface area contributed by atoms with Gasteiger partial charge in [-0.25, -0.2) is 13.2 Å². The second-order valence-electron chi connectivity index (χ2n) is 8.94. The number of hydrogen-bond donors (Lipinski definition) is 0. The average molecular weight is 478 g/mol. The van der Waals surface area contributed by atoms with Crippen molar-refractivity contribution in [3.05, 3.63) is 77.6 Å². The van der Waals surface area contributed by atoms with Crippen molar-refractivity contribution < 1.29 is 31.1 Å². The number of ether oxygens (including phenoxy) is 1. The third-order valence-corrected chi connectivity index (χ3v) is 6.46. The van der Waals surface area contributed by atoms with Crippen LogP contribution in [0, 0.1) is 23.4 Å². The summed E-state index contributed by atoms with van der Waals surface area (Å²) in [5.74, 6) is -3.12. The molecular formula is C27H24F6O. The minimum Gasteiger partial charge on any atom is -0.403 e. The summed E-state index contributed by atoms with van der Waals surface area (Å²) < 4.78 is 84.3. The Labute approximate surface area is 194 Å². The lowest BCUT2D eigenvalue weighted by Gasteiger charge is -2.16. The fourth-order valence-electron chi connectivity index (χ4n) is 4.65. The van der Waals surface area contributed by atoms with Crippen LogP contribution in [0.3, 0.4) is 0 Å². The van der Waals surface area contributed by atoms with E-state index in [1.807, 2.05) is 24.3 Å². The van der Waals surface area contributed by atoms with Gasteiger partial charge in [0.15, 0.2) is 11.6 Å². The van der Waals surface area contributed by atoms with E-state index in [4.69, 9.17) is 0 Å². The predicted molar refractivity (Wildman–Crippen MR) is 119 cm³/mol. The van der Waals surface area contributed by atoms with E-state index in [9.17, 15) is 26.3 Å². The quantitative estimate of drug-likeness (QED) is 0.269. The van der Waals surface area contributed by atoms with Crippen LogP contribution in [-0.2, 0) is 0 Å². The van der Waals surface area contributed by atoms with Gasteiger partial charge in [-0.05, 0) is 71.2 Å². The molecule has 0 amide bonds. The monoisotopic (exact) mass is 478 g/mol. The van der Waals surface area contributed by atoms with E-state index in [1.165, 1.54) is 24.8 Å². The van der Waals surface area contributed by atoms with Crippen LogP contribution >= 0.6 is 0 Å². The molecule has 0 spiro atoms. The molecule has 0 aromatic heterocycles. The molecule has 3 aromatic rings. The minimum absolute atomic E-state index is 0.230. The maximum Gasteiger partial charge on any atom is 0.573 e. The first-order valence-electron chi connectivity index (χ1n) is 11.3. The minimum atomic E-state index is -5.08. The molecule has 1 aliphatic rings. The van der Waals surface area contributed by atoms with Crippen LogP contribution in [0.15, 0.2) is 54.6 Å². The van der Waals surface area contributed by atoms with Crippen LogP contribution in [0.2, 0.25) is 0 Å². The van der Waals surface area contributed by atoms with Crippen molar-refractivity contribution in [2.45, 2.75) is 51.3 Å². The Balaban J connectivity index is 1.58. The Bertz CT molecular complexity index is 1130. The molecule has 2 atom stereocenters. The van der Waals surface area contributed by atoms with Crippen molar-refractivity contribution in [3.63, 3.8) is 0 Å². The zero-order valence-corrected chi connectivity index (χ0v) is 18.6. The smallest absolute Gasteiger partial charge is 0.403 e. The first-order chi connectivity index (χ1) is 16.1. The number of halogens is 6. The van der Waals surface area contributed by atoms with Crippen LogP contribution in [0.1, 0.15) is 50.5 Å². The van der Waals surface area contributed by atoms with Gasteiger partial charge in [0, 0.05) is 0 Å². The summed E-state index contributed by atoms with van der Waals surface area (Å²) in [6, 6.07) is 12.2. The fraction of sp³-hybridized carbons (Fsp3) is 0.333. The molecule has 1 saturated carbocycles. The second-order valence-corrected chi connectivity index (χ2v) is 8.94. The van der Waals surface area contributed by atoms with Gasteiger partial charge in [-0.1, -0.05) is 56.5 Å². The van der Waals surface area contributed by atoms with E-state index in [0.717, 1.165) is 37.0 Å². The summed E-state index contributed by atoms with van der Waals surface area (Å²) >= 11 is 0. The van der Waals surface area contributed by atoms with Gasteiger partial charge >= 0.3 is 6.36 Å². The molecule has 4 rings (SSSR count). The van der Waals surface area contributed by atoms with Crippen molar-refractivity contribution in [1.82, 2.24) is 0 Å². The van der Waals surface area contributed by atoms with Crippen LogP contribution in [0.25, 0.3) is 22.3 Å². The zero-order chi connectivity index (χ0) is 24.5. The molecule has 0 bridgehead atoms. The van der Waals surface area contributed by atoms with Gasteiger partial charge in [-0.15, -0.1) is 13.2 Å². The van der Waals surface area contributed by atoms with E-state index in [2.05, 4.69) is 11.7 Å². The van der Waals surface area contributed by atoms with Crippen LogP contribution in [-0.4, -0.2) is 6.36 Å². The molecule has 3 aromatic carbocycles. The highest BCUT2D eigenvalue weighted by Crippen LogP contribution is 2.37. The van der Waals surface area contributed by atoms with Crippen molar-refractivity contribution >= 4 is 0 Å². The summed E-state index contributed by atoms with van der Waals surface area (Å²) in [7, 11) is 0. The Hall–Kier alpha value is -2.96. The van der Waals surface area contributed by atoms with Gasteiger partial charge in [0.05, 0.1) is 5.56 Å². The Morgan fingerprint density at radius 2 is 1.32 bits per heavy atom. The zero-order valence-electron chi connectivity index (χ0n) is 18.6. The molecule has 0 saturated heterocycles. The topological polar surface area (TPSA) is 9.23 Å². The highest BCUT2D eigenvalue weighted by molar-refractivity contribution is 5.72. The van der Waals surface area contributed by atoms with E-state index < -0.39 is 35.1 Å². The molecule has 1 aliphatic carbocycles. The third kappa shape index (κ3) is 5.57. The second kappa shape index (κ2) is 9.72. The molecular weight excluding hydrogens is 454 g/mol. The number of hydrogen-bond acceptors (Lipinski definition) is 1. The summed E-state index contributed by atoms with van der Waals surface area (Å²) in [5, 5.41) is 0. The van der Waals surface area contributed by atoms with Gasteiger partial charge < -0.3 is 4.74 Å². The standard InChI is InChI=1S/C27H24F6O/c1-16-3-2-4-17(6-5-16)18-7-9-19(10-8-18)21-14-23(29)26(24(30)15-21)20-11-12-25(22(28)13-20)34-27(31,32)33/h7-17H,2-6H2,1H3. The average Bonchev–Trinajstić information content (AvgIpc) is 2.99. The van der Waals surface area contributed by atoms with Gasteiger partial charge in [-0.2, -0.15) is 0 Å². The van der Waals surface area contributed by atoms with Crippen molar-refractivity contribution in [1.29, 1.82) is 0 Å². The summed E-state index contributed by atoms with van der Waals surface area (Å²) in [6.07, 6.45) is 0.794. The lowest BCUT2D eigenvalue weighted by Crippen LogP contribution is -2.17. The van der Waals surface area contributed by atoms with Crippen LogP contribution < -0.4 is 4.74 Å². The number of benzene rings is 3. The first-order valence-corrected chi connectivity index (χ1v) is 11.3. The lowest BCUT2D eigenvalue weighted by molar-refractivity contribution is -0.275. The lowest BCUT2D eigenvalue weighted by atomic mass is 9.90. The SMILES string of the molecule is CC1CCCC(c2ccc(-c3cc(F)c(-c4ccc(OC(F)(F)F)c(F)c4)c(F)c3)cc2)CC1. The molecule has 0 radical (unpaired) electrons. The molecule has 0 N–H and O–H groups in total. The van der Waals surface area contributed by atoms with E-state index in [-0.39, 0.29) is 5.56 Å². The van der Waals surface area contributed by atoms with Crippen LogP contribution in [0.4, 0.5) is 26.3 Å². The molecule has 1 fully saturated rings. The summed E-state index contributed by atoms with van der Waals surface area (Å²) in [4.78, 5) is 0. The Morgan fingerprint density at radius 3 is 1.94 bits per heavy atom. The maximum absolute atomic E-state index is 14.9. The molecule has 180 valence electrons. The fourth-order valence-corrected chi connectivity index (χ4v) is 4.65. The molecule has 2 unspecified atom stereocenters. The largest absolute Gasteiger partial charge is 0.573 e. The van der Waals surface area contributed by atoms with E-state index in [0.29, 0.717) is 29.2 Å². The number of alkyl halides is 3. The highest BCUT2D eigenvalue weighted by Gasteiger charge is 2.32. The first kappa shape index (κ1) is 24.2. The number of rotatable bonds is 4. The van der Waals surface area contributed by atoms with Crippen LogP contribution in [0.5, 0.6) is 5.75 Å². The van der Waals surface area contributed by atoms with E-state index in [1.54, 1.807) is 0 Å². The normalized spacial score (nSPS) is 19.0.